The van der Waals surface area contributed by atoms with Gasteiger partial charge in [-0.25, -0.2) is 0 Å². The summed E-state index contributed by atoms with van der Waals surface area (Å²) in [6.45, 7) is 2.26. The molecule has 2 heteroatoms. The Hall–Kier alpha value is -1.05. The normalized spacial score (nSPS) is 11.5. The highest BCUT2D eigenvalue weighted by Gasteiger charge is 1.92. The fourth-order valence-electron chi connectivity index (χ4n) is 1.90. The number of carbonyl (C=O) groups is 1. The first-order valence-electron chi connectivity index (χ1n) is 7.69. The highest BCUT2D eigenvalue weighted by Crippen LogP contribution is 2.09. The Labute approximate surface area is 118 Å². The molecule has 110 valence electrons. The molecule has 0 saturated carbocycles. The van der Waals surface area contributed by atoms with E-state index in [1.165, 1.54) is 58.5 Å². The van der Waals surface area contributed by atoms with Gasteiger partial charge in [-0.1, -0.05) is 76.2 Å². The Morgan fingerprint density at radius 2 is 1.47 bits per heavy atom. The molecule has 0 aliphatic heterocycles. The lowest BCUT2D eigenvalue weighted by Gasteiger charge is -1.99. The van der Waals surface area contributed by atoms with Crippen molar-refractivity contribution >= 4 is 5.97 Å². The van der Waals surface area contributed by atoms with Crippen LogP contribution in [0.25, 0.3) is 0 Å². The van der Waals surface area contributed by atoms with Crippen LogP contribution in [-0.2, 0) is 9.53 Å². The molecule has 0 rings (SSSR count). The van der Waals surface area contributed by atoms with E-state index in [1.54, 1.807) is 0 Å². The molecular weight excluding hydrogens is 236 g/mol. The second kappa shape index (κ2) is 15.0. The highest BCUT2D eigenvalue weighted by molar-refractivity contribution is 5.70. The van der Waals surface area contributed by atoms with Crippen molar-refractivity contribution in [3.05, 3.63) is 24.3 Å². The van der Waals surface area contributed by atoms with Gasteiger partial charge in [-0.15, -0.1) is 0 Å². The molecule has 0 aromatic carbocycles. The van der Waals surface area contributed by atoms with Gasteiger partial charge in [-0.05, 0) is 12.8 Å². The van der Waals surface area contributed by atoms with Gasteiger partial charge in [0.15, 0.2) is 0 Å². The van der Waals surface area contributed by atoms with Gasteiger partial charge in [0, 0.05) is 0 Å². The van der Waals surface area contributed by atoms with E-state index in [0.717, 1.165) is 6.42 Å². The lowest BCUT2D eigenvalue weighted by Crippen LogP contribution is -1.96. The molecule has 0 bridgehead atoms. The smallest absolute Gasteiger partial charge is 0.309 e. The standard InChI is InChI=1S/C17H30O2/c1-3-4-5-6-7-8-9-10-11-12-13-14-15-16-17(18)19-2/h12-15H,3-11,16H2,1-2H3/b13-12+,15-14+. The van der Waals surface area contributed by atoms with Crippen LogP contribution in [0, 0.1) is 0 Å². The van der Waals surface area contributed by atoms with Gasteiger partial charge in [0.2, 0.25) is 0 Å². The number of hydrogen-bond acceptors (Lipinski definition) is 2. The van der Waals surface area contributed by atoms with Gasteiger partial charge in [0.05, 0.1) is 13.5 Å². The molecule has 0 amide bonds. The first-order chi connectivity index (χ1) is 9.31. The number of carbonyl (C=O) groups excluding carboxylic acids is 1. The van der Waals surface area contributed by atoms with E-state index in [9.17, 15) is 4.79 Å². The molecule has 0 N–H and O–H groups in total. The zero-order chi connectivity index (χ0) is 14.2. The maximum atomic E-state index is 10.8. The Balaban J connectivity index is 3.23. The molecule has 0 aromatic rings. The van der Waals surface area contributed by atoms with Crippen molar-refractivity contribution in [1.29, 1.82) is 0 Å². The summed E-state index contributed by atoms with van der Waals surface area (Å²) in [6, 6.07) is 0. The lowest BCUT2D eigenvalue weighted by atomic mass is 10.1. The van der Waals surface area contributed by atoms with Crippen LogP contribution in [0.5, 0.6) is 0 Å². The van der Waals surface area contributed by atoms with Crippen molar-refractivity contribution in [2.45, 2.75) is 71.1 Å². The number of esters is 1. The van der Waals surface area contributed by atoms with Gasteiger partial charge in [-0.2, -0.15) is 0 Å². The van der Waals surface area contributed by atoms with E-state index >= 15 is 0 Å². The molecule has 0 heterocycles. The Bertz CT molecular complexity index is 254. The first-order valence-corrected chi connectivity index (χ1v) is 7.69. The van der Waals surface area contributed by atoms with E-state index in [0.29, 0.717) is 6.42 Å². The number of ether oxygens (including phenoxy) is 1. The summed E-state index contributed by atoms with van der Waals surface area (Å²) in [5.74, 6) is -0.187. The van der Waals surface area contributed by atoms with Gasteiger partial charge in [0.1, 0.15) is 0 Å². The summed E-state index contributed by atoms with van der Waals surface area (Å²) >= 11 is 0. The van der Waals surface area contributed by atoms with Crippen LogP contribution < -0.4 is 0 Å². The fraction of sp³-hybridized carbons (Fsp3) is 0.706. The van der Waals surface area contributed by atoms with Gasteiger partial charge in [-0.3, -0.25) is 4.79 Å². The SMILES string of the molecule is CCCCCCCCCC/C=C/C=C/CC(=O)OC. The molecule has 2 nitrogen and oxygen atoms in total. The lowest BCUT2D eigenvalue weighted by molar-refractivity contribution is -0.139. The van der Waals surface area contributed by atoms with Crippen LogP contribution in [0.4, 0.5) is 0 Å². The molecule has 0 radical (unpaired) electrons. The zero-order valence-corrected chi connectivity index (χ0v) is 12.7. The molecule has 19 heavy (non-hydrogen) atoms. The third-order valence-corrected chi connectivity index (χ3v) is 3.12. The van der Waals surface area contributed by atoms with Crippen LogP contribution in [-0.4, -0.2) is 13.1 Å². The number of allylic oxidation sites excluding steroid dienone is 3. The minimum atomic E-state index is -0.187. The molecule has 0 aliphatic rings. The second-order valence-corrected chi connectivity index (χ2v) is 4.90. The molecule has 0 aliphatic carbocycles. The minimum Gasteiger partial charge on any atom is -0.469 e. The van der Waals surface area contributed by atoms with Crippen LogP contribution in [0.15, 0.2) is 24.3 Å². The molecule has 0 saturated heterocycles. The molecule has 0 fully saturated rings. The zero-order valence-electron chi connectivity index (χ0n) is 12.7. The van der Waals surface area contributed by atoms with E-state index in [2.05, 4.69) is 17.7 Å². The van der Waals surface area contributed by atoms with Crippen LogP contribution in [0.3, 0.4) is 0 Å². The van der Waals surface area contributed by atoms with Crippen LogP contribution in [0.2, 0.25) is 0 Å². The fourth-order valence-corrected chi connectivity index (χ4v) is 1.90. The van der Waals surface area contributed by atoms with E-state index < -0.39 is 0 Å². The third-order valence-electron chi connectivity index (χ3n) is 3.12. The second-order valence-electron chi connectivity index (χ2n) is 4.90. The largest absolute Gasteiger partial charge is 0.469 e. The molecule has 0 aromatic heterocycles. The molecule has 0 atom stereocenters. The average molecular weight is 266 g/mol. The predicted molar refractivity (Wildman–Crippen MR) is 82.1 cm³/mol. The Morgan fingerprint density at radius 1 is 0.895 bits per heavy atom. The third kappa shape index (κ3) is 14.9. The maximum Gasteiger partial charge on any atom is 0.309 e. The van der Waals surface area contributed by atoms with Crippen molar-refractivity contribution in [2.24, 2.45) is 0 Å². The number of unbranched alkanes of at least 4 members (excludes halogenated alkanes) is 8. The highest BCUT2D eigenvalue weighted by atomic mass is 16.5. The van der Waals surface area contributed by atoms with Gasteiger partial charge in [0.25, 0.3) is 0 Å². The van der Waals surface area contributed by atoms with E-state index in [1.807, 2.05) is 18.2 Å². The predicted octanol–water partition coefficient (Wildman–Crippen LogP) is 5.19. The topological polar surface area (TPSA) is 26.3 Å². The quantitative estimate of drug-likeness (QED) is 0.276. The number of rotatable bonds is 12. The summed E-state index contributed by atoms with van der Waals surface area (Å²) in [5.41, 5.74) is 0. The Morgan fingerprint density at radius 3 is 2.11 bits per heavy atom. The van der Waals surface area contributed by atoms with Crippen molar-refractivity contribution in [1.82, 2.24) is 0 Å². The van der Waals surface area contributed by atoms with Crippen LogP contribution >= 0.6 is 0 Å². The van der Waals surface area contributed by atoms with Crippen molar-refractivity contribution in [3.8, 4) is 0 Å². The molecular formula is C17H30O2. The monoisotopic (exact) mass is 266 g/mol. The minimum absolute atomic E-state index is 0.187. The van der Waals surface area contributed by atoms with Crippen molar-refractivity contribution < 1.29 is 9.53 Å². The van der Waals surface area contributed by atoms with Crippen molar-refractivity contribution in [2.75, 3.05) is 7.11 Å². The van der Waals surface area contributed by atoms with Crippen LogP contribution in [0.1, 0.15) is 71.1 Å². The van der Waals surface area contributed by atoms with Gasteiger partial charge >= 0.3 is 5.97 Å². The summed E-state index contributed by atoms with van der Waals surface area (Å²) in [7, 11) is 1.41. The summed E-state index contributed by atoms with van der Waals surface area (Å²) in [4.78, 5) is 10.8. The van der Waals surface area contributed by atoms with E-state index in [4.69, 9.17) is 0 Å². The number of methoxy groups -OCH3 is 1. The average Bonchev–Trinajstić information content (AvgIpc) is 2.43. The molecule has 0 spiro atoms. The first kappa shape index (κ1) is 17.9. The number of hydrogen-bond donors (Lipinski definition) is 0. The van der Waals surface area contributed by atoms with E-state index in [-0.39, 0.29) is 5.97 Å². The summed E-state index contributed by atoms with van der Waals surface area (Å²) in [5, 5.41) is 0. The summed E-state index contributed by atoms with van der Waals surface area (Å²) < 4.78 is 4.54. The summed E-state index contributed by atoms with van der Waals surface area (Å²) in [6.07, 6.45) is 20.3. The molecule has 0 unspecified atom stereocenters. The maximum absolute atomic E-state index is 10.8. The van der Waals surface area contributed by atoms with Gasteiger partial charge < -0.3 is 4.74 Å². The van der Waals surface area contributed by atoms with Crippen molar-refractivity contribution in [3.63, 3.8) is 0 Å². The Kier molecular flexibility index (Phi) is 14.2.